The first-order valence-electron chi connectivity index (χ1n) is 7.73. The maximum Gasteiger partial charge on any atom is 0.325 e. The highest BCUT2D eigenvalue weighted by Crippen LogP contribution is 2.21. The number of rotatable bonds is 4. The lowest BCUT2D eigenvalue weighted by molar-refractivity contribution is -0.142. The normalized spacial score (nSPS) is 21.7. The molecule has 1 aromatic carbocycles. The number of nitrogens with zero attached hydrogens (tertiary/aromatic N) is 3. The predicted octanol–water partition coefficient (Wildman–Crippen LogP) is 1.48. The van der Waals surface area contributed by atoms with E-state index in [9.17, 15) is 9.90 Å². The average molecular weight is 314 g/mol. The molecule has 1 aliphatic rings. The van der Waals surface area contributed by atoms with Gasteiger partial charge in [0.2, 0.25) is 0 Å². The topological polar surface area (TPSA) is 84.4 Å². The van der Waals surface area contributed by atoms with Crippen molar-refractivity contribution in [3.8, 4) is 5.69 Å². The minimum Gasteiger partial charge on any atom is -0.480 e. The summed E-state index contributed by atoms with van der Waals surface area (Å²) in [5.41, 5.74) is 9.36. The van der Waals surface area contributed by atoms with E-state index in [0.717, 1.165) is 11.3 Å². The molecule has 0 spiro atoms. The lowest BCUT2D eigenvalue weighted by Gasteiger charge is -2.19. The van der Waals surface area contributed by atoms with E-state index in [0.29, 0.717) is 26.1 Å². The van der Waals surface area contributed by atoms with Crippen LogP contribution in [0.15, 0.2) is 30.6 Å². The maximum absolute atomic E-state index is 11.2. The summed E-state index contributed by atoms with van der Waals surface area (Å²) in [4.78, 5) is 13.3. The van der Waals surface area contributed by atoms with Gasteiger partial charge in [-0.2, -0.15) is 5.10 Å². The molecular formula is C17H22N4O2. The van der Waals surface area contributed by atoms with Crippen LogP contribution in [-0.4, -0.2) is 44.4 Å². The zero-order chi connectivity index (χ0) is 16.6. The summed E-state index contributed by atoms with van der Waals surface area (Å²) < 4.78 is 1.85. The van der Waals surface area contributed by atoms with Gasteiger partial charge in [-0.25, -0.2) is 4.68 Å². The van der Waals surface area contributed by atoms with Gasteiger partial charge in [0, 0.05) is 31.4 Å². The van der Waals surface area contributed by atoms with Gasteiger partial charge in [0.05, 0.1) is 11.9 Å². The van der Waals surface area contributed by atoms with Gasteiger partial charge in [0.25, 0.3) is 0 Å². The quantitative estimate of drug-likeness (QED) is 0.893. The van der Waals surface area contributed by atoms with E-state index < -0.39 is 11.5 Å². The Bertz CT molecular complexity index is 740. The van der Waals surface area contributed by atoms with Crippen molar-refractivity contribution in [3.05, 3.63) is 47.3 Å². The largest absolute Gasteiger partial charge is 0.480 e. The lowest BCUT2D eigenvalue weighted by Crippen LogP contribution is -2.50. The monoisotopic (exact) mass is 314 g/mol. The summed E-state index contributed by atoms with van der Waals surface area (Å²) in [6.45, 7) is 5.90. The van der Waals surface area contributed by atoms with Crippen LogP contribution in [-0.2, 0) is 11.3 Å². The number of aliphatic carboxylic acids is 1. The van der Waals surface area contributed by atoms with Crippen molar-refractivity contribution in [2.45, 2.75) is 32.4 Å². The number of hydrogen-bond donors (Lipinski definition) is 2. The van der Waals surface area contributed by atoms with Gasteiger partial charge >= 0.3 is 5.97 Å². The zero-order valence-electron chi connectivity index (χ0n) is 13.5. The zero-order valence-corrected chi connectivity index (χ0v) is 13.5. The smallest absolute Gasteiger partial charge is 0.325 e. The Hall–Kier alpha value is -2.18. The first-order chi connectivity index (χ1) is 10.9. The Kier molecular flexibility index (Phi) is 3.95. The molecule has 1 aromatic heterocycles. The molecule has 0 saturated carbocycles. The van der Waals surface area contributed by atoms with Crippen LogP contribution >= 0.6 is 0 Å². The molecule has 122 valence electrons. The maximum atomic E-state index is 11.2. The number of carboxylic acids is 1. The Balaban J connectivity index is 1.71. The molecule has 2 aromatic rings. The van der Waals surface area contributed by atoms with Crippen LogP contribution in [0.4, 0.5) is 0 Å². The third-order valence-corrected chi connectivity index (χ3v) is 4.60. The molecule has 0 radical (unpaired) electrons. The van der Waals surface area contributed by atoms with E-state index in [1.807, 2.05) is 23.1 Å². The fourth-order valence-electron chi connectivity index (χ4n) is 2.93. The third-order valence-electron chi connectivity index (χ3n) is 4.60. The number of benzene rings is 1. The molecule has 0 unspecified atom stereocenters. The molecule has 6 heteroatoms. The van der Waals surface area contributed by atoms with E-state index >= 15 is 0 Å². The Morgan fingerprint density at radius 2 is 2.17 bits per heavy atom. The van der Waals surface area contributed by atoms with Crippen LogP contribution in [0.25, 0.3) is 5.69 Å². The second-order valence-corrected chi connectivity index (χ2v) is 6.48. The Morgan fingerprint density at radius 3 is 2.83 bits per heavy atom. The molecule has 1 atom stereocenters. The SMILES string of the molecule is Cc1ccc(-n2cc(CN3CC[C@](N)(C(=O)O)C3)cn2)cc1C. The van der Waals surface area contributed by atoms with Crippen LogP contribution in [0.1, 0.15) is 23.1 Å². The predicted molar refractivity (Wildman–Crippen MR) is 87.5 cm³/mol. The fraction of sp³-hybridized carbons (Fsp3) is 0.412. The van der Waals surface area contributed by atoms with Gasteiger partial charge in [0.15, 0.2) is 0 Å². The molecule has 1 saturated heterocycles. The van der Waals surface area contributed by atoms with Crippen molar-refractivity contribution < 1.29 is 9.90 Å². The van der Waals surface area contributed by atoms with Crippen LogP contribution in [0.2, 0.25) is 0 Å². The van der Waals surface area contributed by atoms with Gasteiger partial charge in [0.1, 0.15) is 5.54 Å². The lowest BCUT2D eigenvalue weighted by atomic mass is 10.0. The average Bonchev–Trinajstić information content (AvgIpc) is 3.10. The molecule has 3 rings (SSSR count). The highest BCUT2D eigenvalue weighted by atomic mass is 16.4. The van der Waals surface area contributed by atoms with Gasteiger partial charge in [-0.15, -0.1) is 0 Å². The van der Waals surface area contributed by atoms with Crippen molar-refractivity contribution in [2.24, 2.45) is 5.73 Å². The number of likely N-dealkylation sites (tertiary alicyclic amines) is 1. The molecule has 0 bridgehead atoms. The van der Waals surface area contributed by atoms with Gasteiger partial charge in [-0.05, 0) is 43.5 Å². The Labute approximate surface area is 135 Å². The van der Waals surface area contributed by atoms with Crippen LogP contribution < -0.4 is 5.73 Å². The summed E-state index contributed by atoms with van der Waals surface area (Å²) in [6.07, 6.45) is 4.29. The van der Waals surface area contributed by atoms with E-state index in [1.165, 1.54) is 11.1 Å². The molecule has 2 heterocycles. The number of aryl methyl sites for hydroxylation is 2. The summed E-state index contributed by atoms with van der Waals surface area (Å²) in [7, 11) is 0. The summed E-state index contributed by atoms with van der Waals surface area (Å²) in [5.74, 6) is -0.925. The van der Waals surface area contributed by atoms with Crippen molar-refractivity contribution in [1.29, 1.82) is 0 Å². The number of nitrogens with two attached hydrogens (primary N) is 1. The molecule has 1 fully saturated rings. The fourth-order valence-corrected chi connectivity index (χ4v) is 2.93. The first kappa shape index (κ1) is 15.7. The molecule has 6 nitrogen and oxygen atoms in total. The minimum atomic E-state index is -1.12. The first-order valence-corrected chi connectivity index (χ1v) is 7.73. The number of carbonyl (C=O) groups is 1. The molecule has 3 N–H and O–H groups in total. The van der Waals surface area contributed by atoms with Crippen LogP contribution in [0.3, 0.4) is 0 Å². The van der Waals surface area contributed by atoms with E-state index in [1.54, 1.807) is 0 Å². The summed E-state index contributed by atoms with van der Waals surface area (Å²) >= 11 is 0. The minimum absolute atomic E-state index is 0.372. The van der Waals surface area contributed by atoms with E-state index in [2.05, 4.69) is 36.0 Å². The van der Waals surface area contributed by atoms with Crippen molar-refractivity contribution in [1.82, 2.24) is 14.7 Å². The highest BCUT2D eigenvalue weighted by Gasteiger charge is 2.41. The van der Waals surface area contributed by atoms with E-state index in [-0.39, 0.29) is 0 Å². The second-order valence-electron chi connectivity index (χ2n) is 6.48. The van der Waals surface area contributed by atoms with Crippen molar-refractivity contribution >= 4 is 5.97 Å². The third kappa shape index (κ3) is 3.13. The second kappa shape index (κ2) is 5.79. The van der Waals surface area contributed by atoms with Crippen molar-refractivity contribution in [3.63, 3.8) is 0 Å². The summed E-state index contributed by atoms with van der Waals surface area (Å²) in [6, 6.07) is 6.24. The van der Waals surface area contributed by atoms with E-state index in [4.69, 9.17) is 5.73 Å². The van der Waals surface area contributed by atoms with Crippen LogP contribution in [0.5, 0.6) is 0 Å². The number of hydrogen-bond acceptors (Lipinski definition) is 4. The highest BCUT2D eigenvalue weighted by molar-refractivity contribution is 5.79. The molecule has 1 aliphatic heterocycles. The van der Waals surface area contributed by atoms with Gasteiger partial charge in [-0.3, -0.25) is 9.69 Å². The molecule has 23 heavy (non-hydrogen) atoms. The summed E-state index contributed by atoms with van der Waals surface area (Å²) in [5, 5.41) is 13.6. The van der Waals surface area contributed by atoms with Gasteiger partial charge < -0.3 is 10.8 Å². The standard InChI is InChI=1S/C17H22N4O2/c1-12-3-4-15(7-13(12)2)21-10-14(8-19-21)9-20-6-5-17(18,11-20)16(22)23/h3-4,7-8,10H,5-6,9,11,18H2,1-2H3,(H,22,23)/t17-/m1/s1. The van der Waals surface area contributed by atoms with Gasteiger partial charge in [-0.1, -0.05) is 6.07 Å². The number of aromatic nitrogens is 2. The van der Waals surface area contributed by atoms with Crippen LogP contribution in [0, 0.1) is 13.8 Å². The van der Waals surface area contributed by atoms with Crippen molar-refractivity contribution in [2.75, 3.05) is 13.1 Å². The molecule has 0 aliphatic carbocycles. The molecular weight excluding hydrogens is 292 g/mol. The molecule has 0 amide bonds. The Morgan fingerprint density at radius 1 is 1.39 bits per heavy atom. The number of carboxylic acid groups (broad SMARTS) is 1.